The number of carbonyl (C=O) groups excluding carboxylic acids is 1. The number of ketones is 1. The molecule has 0 atom stereocenters. The lowest BCUT2D eigenvalue weighted by atomic mass is 10.0. The molecular formula is C11H13FO2. The molecule has 0 aliphatic heterocycles. The molecule has 0 saturated heterocycles. The molecule has 3 heteroatoms. The molecule has 0 aromatic heterocycles. The van der Waals surface area contributed by atoms with Crippen LogP contribution >= 0.6 is 0 Å². The molecule has 0 spiro atoms. The van der Waals surface area contributed by atoms with Crippen LogP contribution in [0, 0.1) is 11.7 Å². The minimum absolute atomic E-state index is 0.0966. The summed E-state index contributed by atoms with van der Waals surface area (Å²) < 4.78 is 18.3. The van der Waals surface area contributed by atoms with E-state index in [9.17, 15) is 9.18 Å². The second-order valence-corrected chi connectivity index (χ2v) is 3.34. The molecule has 0 radical (unpaired) electrons. The monoisotopic (exact) mass is 196 g/mol. The number of carbonyl (C=O) groups is 1. The first-order valence-electron chi connectivity index (χ1n) is 4.44. The number of halogens is 1. The molecule has 2 nitrogen and oxygen atoms in total. The molecule has 0 unspecified atom stereocenters. The predicted molar refractivity (Wildman–Crippen MR) is 52.1 cm³/mol. The normalized spacial score (nSPS) is 10.4. The SMILES string of the molecule is COc1cccc(C(=O)C(C)C)c1F. The molecule has 1 rings (SSSR count). The van der Waals surface area contributed by atoms with Gasteiger partial charge in [0.1, 0.15) is 0 Å². The number of benzene rings is 1. The van der Waals surface area contributed by atoms with Gasteiger partial charge >= 0.3 is 0 Å². The van der Waals surface area contributed by atoms with Crippen molar-refractivity contribution in [1.29, 1.82) is 0 Å². The zero-order valence-corrected chi connectivity index (χ0v) is 8.50. The minimum Gasteiger partial charge on any atom is -0.494 e. The van der Waals surface area contributed by atoms with E-state index in [0.29, 0.717) is 0 Å². The Morgan fingerprint density at radius 1 is 1.43 bits per heavy atom. The number of Topliss-reactive ketones (excluding diaryl/α,β-unsaturated/α-hetero) is 1. The number of hydrogen-bond acceptors (Lipinski definition) is 2. The first kappa shape index (κ1) is 10.7. The van der Waals surface area contributed by atoms with Gasteiger partial charge in [-0.2, -0.15) is 0 Å². The largest absolute Gasteiger partial charge is 0.494 e. The van der Waals surface area contributed by atoms with E-state index < -0.39 is 5.82 Å². The lowest BCUT2D eigenvalue weighted by Gasteiger charge is -2.08. The molecule has 76 valence electrons. The van der Waals surface area contributed by atoms with Crippen molar-refractivity contribution >= 4 is 5.78 Å². The summed E-state index contributed by atoms with van der Waals surface area (Å²) in [5.74, 6) is -0.886. The van der Waals surface area contributed by atoms with Gasteiger partial charge in [0.2, 0.25) is 0 Å². The lowest BCUT2D eigenvalue weighted by molar-refractivity contribution is 0.0934. The average Bonchev–Trinajstić information content (AvgIpc) is 2.17. The van der Waals surface area contributed by atoms with E-state index in [0.717, 1.165) is 0 Å². The highest BCUT2D eigenvalue weighted by Crippen LogP contribution is 2.21. The molecule has 0 fully saturated rings. The molecule has 14 heavy (non-hydrogen) atoms. The highest BCUT2D eigenvalue weighted by molar-refractivity contribution is 5.98. The van der Waals surface area contributed by atoms with Crippen molar-refractivity contribution in [2.45, 2.75) is 13.8 Å². The molecule has 0 heterocycles. The number of ether oxygens (including phenoxy) is 1. The van der Waals surface area contributed by atoms with Gasteiger partial charge in [0.05, 0.1) is 12.7 Å². The summed E-state index contributed by atoms with van der Waals surface area (Å²) in [6.07, 6.45) is 0. The summed E-state index contributed by atoms with van der Waals surface area (Å²) in [4.78, 5) is 11.5. The maximum atomic E-state index is 13.5. The third-order valence-electron chi connectivity index (χ3n) is 1.97. The zero-order valence-electron chi connectivity index (χ0n) is 8.50. The molecule has 0 N–H and O–H groups in total. The van der Waals surface area contributed by atoms with Crippen molar-refractivity contribution in [3.8, 4) is 5.75 Å². The van der Waals surface area contributed by atoms with Gasteiger partial charge in [-0.05, 0) is 12.1 Å². The van der Waals surface area contributed by atoms with Crippen molar-refractivity contribution < 1.29 is 13.9 Å². The number of hydrogen-bond donors (Lipinski definition) is 0. The molecule has 0 aliphatic carbocycles. The molecule has 0 aliphatic rings. The van der Waals surface area contributed by atoms with E-state index in [1.807, 2.05) is 0 Å². The Morgan fingerprint density at radius 2 is 2.07 bits per heavy atom. The predicted octanol–water partition coefficient (Wildman–Crippen LogP) is 2.67. The second kappa shape index (κ2) is 4.22. The third-order valence-corrected chi connectivity index (χ3v) is 1.97. The van der Waals surface area contributed by atoms with Gasteiger partial charge in [0.25, 0.3) is 0 Å². The summed E-state index contributed by atoms with van der Waals surface area (Å²) in [5.41, 5.74) is 0.0966. The Labute approximate surface area is 82.7 Å². The fraction of sp³-hybridized carbons (Fsp3) is 0.364. The Bertz CT molecular complexity index is 345. The van der Waals surface area contributed by atoms with E-state index >= 15 is 0 Å². The van der Waals surface area contributed by atoms with Crippen LogP contribution in [0.1, 0.15) is 24.2 Å². The topological polar surface area (TPSA) is 26.3 Å². The first-order valence-corrected chi connectivity index (χ1v) is 4.44. The van der Waals surface area contributed by atoms with Crippen LogP contribution in [0.5, 0.6) is 5.75 Å². The van der Waals surface area contributed by atoms with Gasteiger partial charge in [-0.3, -0.25) is 4.79 Å². The molecule has 0 saturated carbocycles. The molecule has 0 bridgehead atoms. The van der Waals surface area contributed by atoms with Gasteiger partial charge < -0.3 is 4.74 Å². The highest BCUT2D eigenvalue weighted by Gasteiger charge is 2.17. The van der Waals surface area contributed by atoms with Crippen molar-refractivity contribution in [2.75, 3.05) is 7.11 Å². The third kappa shape index (κ3) is 1.92. The van der Waals surface area contributed by atoms with Gasteiger partial charge in [-0.15, -0.1) is 0 Å². The summed E-state index contributed by atoms with van der Waals surface area (Å²) in [7, 11) is 1.38. The number of rotatable bonds is 3. The highest BCUT2D eigenvalue weighted by atomic mass is 19.1. The molecule has 1 aromatic carbocycles. The van der Waals surface area contributed by atoms with Gasteiger partial charge in [-0.1, -0.05) is 19.9 Å². The van der Waals surface area contributed by atoms with Crippen LogP contribution in [0.4, 0.5) is 4.39 Å². The van der Waals surface area contributed by atoms with Crippen LogP contribution in [0.3, 0.4) is 0 Å². The Kier molecular flexibility index (Phi) is 3.23. The van der Waals surface area contributed by atoms with Gasteiger partial charge in [0.15, 0.2) is 17.3 Å². The van der Waals surface area contributed by atoms with Gasteiger partial charge in [0, 0.05) is 5.92 Å². The van der Waals surface area contributed by atoms with E-state index in [2.05, 4.69) is 0 Å². The van der Waals surface area contributed by atoms with Crippen LogP contribution < -0.4 is 4.74 Å². The van der Waals surface area contributed by atoms with E-state index in [-0.39, 0.29) is 23.0 Å². The van der Waals surface area contributed by atoms with Crippen molar-refractivity contribution in [3.05, 3.63) is 29.6 Å². The minimum atomic E-state index is -0.575. The van der Waals surface area contributed by atoms with E-state index in [1.165, 1.54) is 19.2 Å². The first-order chi connectivity index (χ1) is 6.57. The lowest BCUT2D eigenvalue weighted by Crippen LogP contribution is -2.10. The Hall–Kier alpha value is -1.38. The maximum absolute atomic E-state index is 13.5. The van der Waals surface area contributed by atoms with Crippen LogP contribution in [-0.2, 0) is 0 Å². The van der Waals surface area contributed by atoms with Crippen molar-refractivity contribution in [3.63, 3.8) is 0 Å². The van der Waals surface area contributed by atoms with Crippen LogP contribution in [0.15, 0.2) is 18.2 Å². The van der Waals surface area contributed by atoms with E-state index in [1.54, 1.807) is 19.9 Å². The quantitative estimate of drug-likeness (QED) is 0.695. The van der Waals surface area contributed by atoms with E-state index in [4.69, 9.17) is 4.74 Å². The summed E-state index contributed by atoms with van der Waals surface area (Å²) in [5, 5.41) is 0. The second-order valence-electron chi connectivity index (χ2n) is 3.34. The fourth-order valence-corrected chi connectivity index (χ4v) is 1.17. The molecule has 0 amide bonds. The Balaban J connectivity index is 3.16. The Morgan fingerprint density at radius 3 is 2.57 bits per heavy atom. The number of methoxy groups -OCH3 is 1. The van der Waals surface area contributed by atoms with Crippen molar-refractivity contribution in [2.24, 2.45) is 5.92 Å². The standard InChI is InChI=1S/C11H13FO2/c1-7(2)11(13)8-5-4-6-9(14-3)10(8)12/h4-7H,1-3H3. The van der Waals surface area contributed by atoms with Crippen molar-refractivity contribution in [1.82, 2.24) is 0 Å². The summed E-state index contributed by atoms with van der Waals surface area (Å²) in [6, 6.07) is 4.57. The zero-order chi connectivity index (χ0) is 10.7. The molecular weight excluding hydrogens is 183 g/mol. The molecule has 1 aromatic rings. The average molecular weight is 196 g/mol. The smallest absolute Gasteiger partial charge is 0.175 e. The summed E-state index contributed by atoms with van der Waals surface area (Å²) >= 11 is 0. The fourth-order valence-electron chi connectivity index (χ4n) is 1.17. The van der Waals surface area contributed by atoms with Crippen LogP contribution in [-0.4, -0.2) is 12.9 Å². The van der Waals surface area contributed by atoms with Gasteiger partial charge in [-0.25, -0.2) is 4.39 Å². The van der Waals surface area contributed by atoms with Crippen LogP contribution in [0.25, 0.3) is 0 Å². The maximum Gasteiger partial charge on any atom is 0.175 e. The summed E-state index contributed by atoms with van der Waals surface area (Å²) in [6.45, 7) is 3.47. The van der Waals surface area contributed by atoms with Crippen LogP contribution in [0.2, 0.25) is 0 Å².